The molecule has 14 heavy (non-hydrogen) atoms. The van der Waals surface area contributed by atoms with Gasteiger partial charge in [-0.1, -0.05) is 11.6 Å². The number of hydrogen-bond acceptors (Lipinski definition) is 4. The third kappa shape index (κ3) is 3.65. The van der Waals surface area contributed by atoms with E-state index in [0.29, 0.717) is 17.4 Å². The van der Waals surface area contributed by atoms with Crippen molar-refractivity contribution in [3.8, 4) is 0 Å². The minimum Gasteiger partial charge on any atom is -0.389 e. The summed E-state index contributed by atoms with van der Waals surface area (Å²) in [6.45, 7) is 3.69. The van der Waals surface area contributed by atoms with E-state index in [0.717, 1.165) is 0 Å². The van der Waals surface area contributed by atoms with Gasteiger partial charge in [0.25, 0.3) is 0 Å². The van der Waals surface area contributed by atoms with Crippen LogP contribution in [0.5, 0.6) is 0 Å². The van der Waals surface area contributed by atoms with Gasteiger partial charge in [0.1, 0.15) is 10.8 Å². The van der Waals surface area contributed by atoms with Gasteiger partial charge in [0.15, 0.2) is 0 Å². The van der Waals surface area contributed by atoms with Crippen LogP contribution in [0, 0.1) is 0 Å². The van der Waals surface area contributed by atoms with Crippen LogP contribution >= 0.6 is 23.2 Å². The van der Waals surface area contributed by atoms with Crippen LogP contribution in [0.1, 0.15) is 13.8 Å². The molecule has 0 aliphatic heterocycles. The summed E-state index contributed by atoms with van der Waals surface area (Å²) >= 11 is 11.4. The summed E-state index contributed by atoms with van der Waals surface area (Å²) in [4.78, 5) is 7.58. The van der Waals surface area contributed by atoms with E-state index >= 15 is 0 Å². The Morgan fingerprint density at radius 3 is 2.71 bits per heavy atom. The number of rotatable bonds is 3. The fourth-order valence-corrected chi connectivity index (χ4v) is 1.06. The van der Waals surface area contributed by atoms with Gasteiger partial charge in [-0.05, 0) is 25.4 Å². The first-order chi connectivity index (χ1) is 6.38. The van der Waals surface area contributed by atoms with E-state index in [2.05, 4.69) is 15.3 Å². The predicted octanol–water partition coefficient (Wildman–Crippen LogP) is 1.97. The van der Waals surface area contributed by atoms with Crippen molar-refractivity contribution in [1.82, 2.24) is 9.97 Å². The highest BCUT2D eigenvalue weighted by Gasteiger charge is 2.13. The van der Waals surface area contributed by atoms with Crippen molar-refractivity contribution in [2.24, 2.45) is 0 Å². The SMILES string of the molecule is CC(C)(O)CNc1nc(Cl)ncc1Cl. The molecular weight excluding hydrogens is 225 g/mol. The topological polar surface area (TPSA) is 58.0 Å². The molecule has 0 aliphatic rings. The smallest absolute Gasteiger partial charge is 0.224 e. The molecule has 0 aromatic carbocycles. The van der Waals surface area contributed by atoms with Crippen molar-refractivity contribution in [3.63, 3.8) is 0 Å². The van der Waals surface area contributed by atoms with E-state index in [9.17, 15) is 5.11 Å². The molecule has 0 unspecified atom stereocenters. The zero-order valence-electron chi connectivity index (χ0n) is 7.88. The minimum atomic E-state index is -0.833. The highest BCUT2D eigenvalue weighted by Crippen LogP contribution is 2.19. The molecule has 4 nitrogen and oxygen atoms in total. The lowest BCUT2D eigenvalue weighted by molar-refractivity contribution is 0.0944. The number of anilines is 1. The molecule has 1 heterocycles. The Morgan fingerprint density at radius 2 is 2.14 bits per heavy atom. The highest BCUT2D eigenvalue weighted by molar-refractivity contribution is 6.33. The molecule has 0 saturated heterocycles. The summed E-state index contributed by atoms with van der Waals surface area (Å²) in [5.74, 6) is 0.425. The van der Waals surface area contributed by atoms with Crippen LogP contribution in [0.2, 0.25) is 10.3 Å². The minimum absolute atomic E-state index is 0.118. The molecule has 0 fully saturated rings. The Hall–Kier alpha value is -0.580. The summed E-state index contributed by atoms with van der Waals surface area (Å²) in [6.07, 6.45) is 1.41. The fourth-order valence-electron chi connectivity index (χ4n) is 0.770. The molecule has 1 aromatic heterocycles. The number of nitrogens with zero attached hydrogens (tertiary/aromatic N) is 2. The maximum Gasteiger partial charge on any atom is 0.224 e. The number of halogens is 2. The fraction of sp³-hybridized carbons (Fsp3) is 0.500. The molecule has 78 valence electrons. The van der Waals surface area contributed by atoms with Crippen molar-refractivity contribution in [2.45, 2.75) is 19.4 Å². The van der Waals surface area contributed by atoms with Gasteiger partial charge >= 0.3 is 0 Å². The number of aliphatic hydroxyl groups is 1. The zero-order chi connectivity index (χ0) is 10.8. The third-order valence-corrected chi connectivity index (χ3v) is 1.86. The monoisotopic (exact) mass is 235 g/mol. The van der Waals surface area contributed by atoms with Crippen LogP contribution < -0.4 is 5.32 Å². The van der Waals surface area contributed by atoms with Crippen molar-refractivity contribution in [3.05, 3.63) is 16.5 Å². The van der Waals surface area contributed by atoms with E-state index < -0.39 is 5.60 Å². The standard InChI is InChI=1S/C8H11Cl2N3O/c1-8(2,14)4-12-6-5(9)3-11-7(10)13-6/h3,14H,4H2,1-2H3,(H,11,12,13). The average Bonchev–Trinajstić information content (AvgIpc) is 2.05. The average molecular weight is 236 g/mol. The second-order valence-electron chi connectivity index (χ2n) is 3.50. The van der Waals surface area contributed by atoms with Crippen molar-refractivity contribution in [2.75, 3.05) is 11.9 Å². The molecule has 0 spiro atoms. The molecule has 0 bridgehead atoms. The molecule has 2 N–H and O–H groups in total. The summed E-state index contributed by atoms with van der Waals surface area (Å²) < 4.78 is 0. The van der Waals surface area contributed by atoms with Crippen LogP contribution in [0.4, 0.5) is 5.82 Å². The third-order valence-electron chi connectivity index (χ3n) is 1.40. The Balaban J connectivity index is 2.72. The molecule has 0 atom stereocenters. The first-order valence-electron chi connectivity index (χ1n) is 4.03. The first-order valence-corrected chi connectivity index (χ1v) is 4.78. The Bertz CT molecular complexity index is 325. The second-order valence-corrected chi connectivity index (χ2v) is 4.25. The van der Waals surface area contributed by atoms with Crippen LogP contribution in [0.3, 0.4) is 0 Å². The second kappa shape index (κ2) is 4.29. The van der Waals surface area contributed by atoms with Gasteiger partial charge in [0.05, 0.1) is 11.8 Å². The Labute approximate surface area is 92.3 Å². The Morgan fingerprint density at radius 1 is 1.50 bits per heavy atom. The van der Waals surface area contributed by atoms with Crippen LogP contribution in [-0.4, -0.2) is 27.2 Å². The number of hydrogen-bond donors (Lipinski definition) is 2. The van der Waals surface area contributed by atoms with E-state index in [4.69, 9.17) is 23.2 Å². The molecule has 6 heteroatoms. The lowest BCUT2D eigenvalue weighted by Crippen LogP contribution is -2.29. The normalized spacial score (nSPS) is 11.5. The van der Waals surface area contributed by atoms with Crippen LogP contribution in [0.25, 0.3) is 0 Å². The Kier molecular flexibility index (Phi) is 3.53. The van der Waals surface area contributed by atoms with E-state index in [1.165, 1.54) is 6.20 Å². The van der Waals surface area contributed by atoms with E-state index in [1.807, 2.05) is 0 Å². The maximum atomic E-state index is 9.46. The molecule has 1 aromatic rings. The van der Waals surface area contributed by atoms with Crippen molar-refractivity contribution >= 4 is 29.0 Å². The highest BCUT2D eigenvalue weighted by atomic mass is 35.5. The van der Waals surface area contributed by atoms with Crippen LogP contribution in [0.15, 0.2) is 6.20 Å². The molecular formula is C8H11Cl2N3O. The van der Waals surface area contributed by atoms with Gasteiger partial charge < -0.3 is 10.4 Å². The molecule has 0 aliphatic carbocycles. The molecule has 0 saturated carbocycles. The molecule has 1 rings (SSSR count). The molecule has 0 amide bonds. The summed E-state index contributed by atoms with van der Waals surface area (Å²) in [7, 11) is 0. The quantitative estimate of drug-likeness (QED) is 0.787. The van der Waals surface area contributed by atoms with E-state index in [1.54, 1.807) is 13.8 Å². The summed E-state index contributed by atoms with van der Waals surface area (Å²) in [5.41, 5.74) is -0.833. The number of aromatic nitrogens is 2. The van der Waals surface area contributed by atoms with Crippen molar-refractivity contribution < 1.29 is 5.11 Å². The van der Waals surface area contributed by atoms with Gasteiger partial charge in [-0.15, -0.1) is 0 Å². The number of nitrogens with one attached hydrogen (secondary N) is 1. The summed E-state index contributed by atoms with van der Waals surface area (Å²) in [5, 5.41) is 12.8. The predicted molar refractivity (Wildman–Crippen MR) is 56.8 cm³/mol. The van der Waals surface area contributed by atoms with E-state index in [-0.39, 0.29) is 5.28 Å². The van der Waals surface area contributed by atoms with Crippen LogP contribution in [-0.2, 0) is 0 Å². The zero-order valence-corrected chi connectivity index (χ0v) is 9.39. The first kappa shape index (κ1) is 11.5. The van der Waals surface area contributed by atoms with Gasteiger partial charge in [-0.2, -0.15) is 4.98 Å². The lowest BCUT2D eigenvalue weighted by atomic mass is 10.1. The largest absolute Gasteiger partial charge is 0.389 e. The van der Waals surface area contributed by atoms with Gasteiger partial charge in [-0.3, -0.25) is 0 Å². The van der Waals surface area contributed by atoms with Crippen molar-refractivity contribution in [1.29, 1.82) is 0 Å². The summed E-state index contributed by atoms with van der Waals surface area (Å²) in [6, 6.07) is 0. The van der Waals surface area contributed by atoms with Gasteiger partial charge in [0.2, 0.25) is 5.28 Å². The van der Waals surface area contributed by atoms with Gasteiger partial charge in [-0.25, -0.2) is 4.98 Å². The maximum absolute atomic E-state index is 9.46. The van der Waals surface area contributed by atoms with Gasteiger partial charge in [0, 0.05) is 6.54 Å². The molecule has 0 radical (unpaired) electrons. The lowest BCUT2D eigenvalue weighted by Gasteiger charge is -2.18.